The number of benzene rings is 1. The molecule has 0 aliphatic carbocycles. The Labute approximate surface area is 110 Å². The Bertz CT molecular complexity index is 688. The van der Waals surface area contributed by atoms with E-state index in [9.17, 15) is 0 Å². The Hall–Kier alpha value is -2.62. The minimum Gasteiger partial charge on any atom is -0.384 e. The highest BCUT2D eigenvalue weighted by molar-refractivity contribution is 5.73. The fourth-order valence-electron chi connectivity index (χ4n) is 2.02. The van der Waals surface area contributed by atoms with E-state index in [-0.39, 0.29) is 0 Å². The molecule has 2 heterocycles. The van der Waals surface area contributed by atoms with Gasteiger partial charge < -0.3 is 10.3 Å². The average molecular weight is 251 g/mol. The van der Waals surface area contributed by atoms with E-state index in [2.05, 4.69) is 29.2 Å². The van der Waals surface area contributed by atoms with Gasteiger partial charge in [-0.05, 0) is 36.2 Å². The molecule has 3 rings (SSSR count). The molecule has 0 amide bonds. The van der Waals surface area contributed by atoms with Crippen LogP contribution in [0.1, 0.15) is 5.56 Å². The molecule has 19 heavy (non-hydrogen) atoms. The molecule has 0 bridgehead atoms. The van der Waals surface area contributed by atoms with Gasteiger partial charge in [-0.1, -0.05) is 17.3 Å². The van der Waals surface area contributed by atoms with Crippen LogP contribution in [0.25, 0.3) is 22.5 Å². The summed E-state index contributed by atoms with van der Waals surface area (Å²) in [6, 6.07) is 11.8. The van der Waals surface area contributed by atoms with E-state index in [0.29, 0.717) is 5.82 Å². The number of anilines is 1. The molecule has 2 aromatic heterocycles. The Kier molecular flexibility index (Phi) is 2.76. The Morgan fingerprint density at radius 3 is 2.58 bits per heavy atom. The second-order valence-electron chi connectivity index (χ2n) is 4.38. The summed E-state index contributed by atoms with van der Waals surface area (Å²) in [6.07, 6.45) is 3.42. The zero-order chi connectivity index (χ0) is 13.2. The first-order valence-electron chi connectivity index (χ1n) is 5.97. The van der Waals surface area contributed by atoms with E-state index in [0.717, 1.165) is 22.5 Å². The van der Waals surface area contributed by atoms with Crippen molar-refractivity contribution in [2.24, 2.45) is 0 Å². The van der Waals surface area contributed by atoms with Gasteiger partial charge in [-0.25, -0.2) is 4.98 Å². The number of nitrogen functional groups attached to an aromatic ring is 1. The average Bonchev–Trinajstić information content (AvgIpc) is 2.94. The van der Waals surface area contributed by atoms with E-state index in [1.165, 1.54) is 5.56 Å². The highest BCUT2D eigenvalue weighted by atomic mass is 16.5. The summed E-state index contributed by atoms with van der Waals surface area (Å²) < 4.78 is 5.18. The van der Waals surface area contributed by atoms with Gasteiger partial charge in [-0.15, -0.1) is 0 Å². The third kappa shape index (κ3) is 2.20. The number of aryl methyl sites for hydroxylation is 1. The second-order valence-corrected chi connectivity index (χ2v) is 4.38. The number of pyridine rings is 1. The zero-order valence-electron chi connectivity index (χ0n) is 10.5. The van der Waals surface area contributed by atoms with Crippen LogP contribution in [0, 0.1) is 6.92 Å². The van der Waals surface area contributed by atoms with Crippen LogP contribution in [-0.2, 0) is 0 Å². The van der Waals surface area contributed by atoms with Crippen LogP contribution in [0.3, 0.4) is 0 Å². The molecule has 0 unspecified atom stereocenters. The van der Waals surface area contributed by atoms with Crippen LogP contribution in [0.2, 0.25) is 0 Å². The lowest BCUT2D eigenvalue weighted by Crippen LogP contribution is -1.90. The first-order valence-corrected chi connectivity index (χ1v) is 5.97. The number of nitrogens with two attached hydrogens (primary N) is 1. The van der Waals surface area contributed by atoms with Gasteiger partial charge in [-0.3, -0.25) is 0 Å². The Balaban J connectivity index is 2.10. The molecule has 3 aromatic rings. The first-order chi connectivity index (χ1) is 9.24. The predicted octanol–water partition coefficient (Wildman–Crippen LogP) is 3.29. The molecule has 0 aliphatic heterocycles. The number of hydrogen-bond acceptors (Lipinski definition) is 4. The van der Waals surface area contributed by atoms with Crippen molar-refractivity contribution < 1.29 is 4.52 Å². The minimum absolute atomic E-state index is 0.521. The van der Waals surface area contributed by atoms with E-state index in [4.69, 9.17) is 10.3 Å². The molecule has 0 aliphatic rings. The van der Waals surface area contributed by atoms with Crippen molar-refractivity contribution in [1.29, 1.82) is 0 Å². The van der Waals surface area contributed by atoms with Gasteiger partial charge in [0.1, 0.15) is 5.82 Å². The first kappa shape index (κ1) is 11.5. The van der Waals surface area contributed by atoms with E-state index < -0.39 is 0 Å². The van der Waals surface area contributed by atoms with E-state index in [1.807, 2.05) is 18.2 Å². The molecule has 0 saturated heterocycles. The molecule has 1 aromatic carbocycles. The van der Waals surface area contributed by atoms with Crippen LogP contribution in [0.15, 0.2) is 53.3 Å². The maximum atomic E-state index is 5.62. The standard InChI is InChI=1S/C15H13N3O/c1-10-2-3-11(14-6-7-18-19-14)8-13(10)12-4-5-15(16)17-9-12/h2-9H,1H3,(H2,16,17). The van der Waals surface area contributed by atoms with Gasteiger partial charge in [0.15, 0.2) is 5.76 Å². The third-order valence-electron chi connectivity index (χ3n) is 3.06. The van der Waals surface area contributed by atoms with Crippen molar-refractivity contribution >= 4 is 5.82 Å². The predicted molar refractivity (Wildman–Crippen MR) is 74.3 cm³/mol. The fourth-order valence-corrected chi connectivity index (χ4v) is 2.02. The molecule has 0 radical (unpaired) electrons. The Morgan fingerprint density at radius 2 is 1.89 bits per heavy atom. The summed E-state index contributed by atoms with van der Waals surface area (Å²) >= 11 is 0. The van der Waals surface area contributed by atoms with E-state index >= 15 is 0 Å². The smallest absolute Gasteiger partial charge is 0.166 e. The molecular weight excluding hydrogens is 238 g/mol. The molecule has 0 spiro atoms. The highest BCUT2D eigenvalue weighted by Gasteiger charge is 2.07. The molecule has 94 valence electrons. The molecule has 2 N–H and O–H groups in total. The third-order valence-corrected chi connectivity index (χ3v) is 3.06. The van der Waals surface area contributed by atoms with Crippen molar-refractivity contribution in [1.82, 2.24) is 10.1 Å². The molecule has 0 atom stereocenters. The van der Waals surface area contributed by atoms with Crippen LogP contribution in [0.4, 0.5) is 5.82 Å². The van der Waals surface area contributed by atoms with Gasteiger partial charge >= 0.3 is 0 Å². The van der Waals surface area contributed by atoms with Crippen molar-refractivity contribution in [2.75, 3.05) is 5.73 Å². The number of aromatic nitrogens is 2. The highest BCUT2D eigenvalue weighted by Crippen LogP contribution is 2.29. The summed E-state index contributed by atoms with van der Waals surface area (Å²) in [7, 11) is 0. The number of rotatable bonds is 2. The van der Waals surface area contributed by atoms with Gasteiger partial charge in [0.2, 0.25) is 0 Å². The van der Waals surface area contributed by atoms with Gasteiger partial charge in [-0.2, -0.15) is 0 Å². The Morgan fingerprint density at radius 1 is 1.05 bits per heavy atom. The molecule has 4 nitrogen and oxygen atoms in total. The van der Waals surface area contributed by atoms with Gasteiger partial charge in [0.05, 0.1) is 6.20 Å². The summed E-state index contributed by atoms with van der Waals surface area (Å²) in [5.74, 6) is 1.28. The molecule has 4 heteroatoms. The monoisotopic (exact) mass is 251 g/mol. The quantitative estimate of drug-likeness (QED) is 0.759. The maximum absolute atomic E-state index is 5.62. The summed E-state index contributed by atoms with van der Waals surface area (Å²) in [4.78, 5) is 4.13. The summed E-state index contributed by atoms with van der Waals surface area (Å²) in [5, 5.41) is 3.73. The second kappa shape index (κ2) is 4.57. The van der Waals surface area contributed by atoms with Crippen molar-refractivity contribution in [3.63, 3.8) is 0 Å². The lowest BCUT2D eigenvalue weighted by atomic mass is 9.98. The van der Waals surface area contributed by atoms with Crippen LogP contribution in [-0.4, -0.2) is 10.1 Å². The van der Waals surface area contributed by atoms with Crippen LogP contribution < -0.4 is 5.73 Å². The van der Waals surface area contributed by atoms with E-state index in [1.54, 1.807) is 18.5 Å². The number of nitrogens with zero attached hydrogens (tertiary/aromatic N) is 2. The van der Waals surface area contributed by atoms with Crippen molar-refractivity contribution in [3.8, 4) is 22.5 Å². The summed E-state index contributed by atoms with van der Waals surface area (Å²) in [5.41, 5.74) is 9.93. The number of hydrogen-bond donors (Lipinski definition) is 1. The molecule has 0 saturated carbocycles. The van der Waals surface area contributed by atoms with Gasteiger partial charge in [0, 0.05) is 23.4 Å². The maximum Gasteiger partial charge on any atom is 0.166 e. The lowest BCUT2D eigenvalue weighted by Gasteiger charge is -2.07. The lowest BCUT2D eigenvalue weighted by molar-refractivity contribution is 0.432. The summed E-state index contributed by atoms with van der Waals surface area (Å²) in [6.45, 7) is 2.07. The SMILES string of the molecule is Cc1ccc(-c2ccno2)cc1-c1ccc(N)nc1. The molecule has 0 fully saturated rings. The van der Waals surface area contributed by atoms with Crippen molar-refractivity contribution in [2.45, 2.75) is 6.92 Å². The minimum atomic E-state index is 0.521. The van der Waals surface area contributed by atoms with Crippen LogP contribution in [0.5, 0.6) is 0 Å². The normalized spacial score (nSPS) is 10.6. The molecular formula is C15H13N3O. The van der Waals surface area contributed by atoms with Crippen LogP contribution >= 0.6 is 0 Å². The topological polar surface area (TPSA) is 64.9 Å². The zero-order valence-corrected chi connectivity index (χ0v) is 10.5. The van der Waals surface area contributed by atoms with Gasteiger partial charge in [0.25, 0.3) is 0 Å². The van der Waals surface area contributed by atoms with Crippen molar-refractivity contribution in [3.05, 3.63) is 54.4 Å². The largest absolute Gasteiger partial charge is 0.384 e. The fraction of sp³-hybridized carbons (Fsp3) is 0.0667.